The fourth-order valence-electron chi connectivity index (χ4n) is 1.67. The average Bonchev–Trinajstić information content (AvgIpc) is 2.30. The largest absolute Gasteiger partial charge is 0.249 e. The molecular formula is C12H14OS. The SMILES string of the molecule is O=[S@](C1=CCCCC1)c1ccccc1. The number of hydrogen-bond acceptors (Lipinski definition) is 1. The van der Waals surface area contributed by atoms with Crippen LogP contribution in [0.15, 0.2) is 46.2 Å². The minimum Gasteiger partial charge on any atom is -0.249 e. The second kappa shape index (κ2) is 4.56. The Labute approximate surface area is 87.3 Å². The van der Waals surface area contributed by atoms with Gasteiger partial charge in [0.1, 0.15) is 0 Å². The first-order valence-electron chi connectivity index (χ1n) is 5.04. The smallest absolute Gasteiger partial charge is 0.0805 e. The van der Waals surface area contributed by atoms with Gasteiger partial charge in [-0.15, -0.1) is 0 Å². The molecule has 0 saturated carbocycles. The van der Waals surface area contributed by atoms with Crippen LogP contribution in [0.4, 0.5) is 0 Å². The second-order valence-corrected chi connectivity index (χ2v) is 5.03. The molecule has 1 aromatic rings. The highest BCUT2D eigenvalue weighted by molar-refractivity contribution is 7.89. The first-order valence-corrected chi connectivity index (χ1v) is 6.19. The van der Waals surface area contributed by atoms with Crippen LogP contribution in [0.3, 0.4) is 0 Å². The van der Waals surface area contributed by atoms with Gasteiger partial charge in [0, 0.05) is 9.80 Å². The average molecular weight is 206 g/mol. The Hall–Kier alpha value is -0.890. The topological polar surface area (TPSA) is 17.1 Å². The molecule has 0 heterocycles. The number of allylic oxidation sites excluding steroid dienone is 2. The normalized spacial score (nSPS) is 18.7. The zero-order valence-electron chi connectivity index (χ0n) is 8.11. The third-order valence-electron chi connectivity index (χ3n) is 2.44. The molecule has 0 fully saturated rings. The highest BCUT2D eigenvalue weighted by atomic mass is 32.2. The first-order chi connectivity index (χ1) is 6.88. The summed E-state index contributed by atoms with van der Waals surface area (Å²) in [4.78, 5) is 2.04. The van der Waals surface area contributed by atoms with E-state index in [0.717, 1.165) is 22.6 Å². The van der Waals surface area contributed by atoms with Crippen LogP contribution in [-0.4, -0.2) is 4.21 Å². The third-order valence-corrected chi connectivity index (χ3v) is 3.99. The van der Waals surface area contributed by atoms with E-state index in [9.17, 15) is 4.21 Å². The van der Waals surface area contributed by atoms with E-state index < -0.39 is 10.8 Å². The molecule has 0 N–H and O–H groups in total. The minimum atomic E-state index is -0.909. The van der Waals surface area contributed by atoms with E-state index in [1.807, 2.05) is 30.3 Å². The van der Waals surface area contributed by atoms with E-state index in [1.165, 1.54) is 12.8 Å². The summed E-state index contributed by atoms with van der Waals surface area (Å²) in [7, 11) is -0.909. The van der Waals surface area contributed by atoms with E-state index in [1.54, 1.807) is 0 Å². The van der Waals surface area contributed by atoms with Crippen LogP contribution in [0.5, 0.6) is 0 Å². The number of benzene rings is 1. The molecule has 1 aromatic carbocycles. The van der Waals surface area contributed by atoms with Gasteiger partial charge in [-0.3, -0.25) is 0 Å². The molecule has 0 bridgehead atoms. The Bertz CT molecular complexity index is 354. The van der Waals surface area contributed by atoms with Crippen molar-refractivity contribution in [2.75, 3.05) is 0 Å². The maximum Gasteiger partial charge on any atom is 0.0805 e. The fraction of sp³-hybridized carbons (Fsp3) is 0.333. The van der Waals surface area contributed by atoms with Gasteiger partial charge in [0.2, 0.25) is 0 Å². The molecule has 0 unspecified atom stereocenters. The predicted molar refractivity (Wildman–Crippen MR) is 59.4 cm³/mol. The van der Waals surface area contributed by atoms with Crippen molar-refractivity contribution in [2.24, 2.45) is 0 Å². The molecule has 1 aliphatic carbocycles. The van der Waals surface area contributed by atoms with Crippen molar-refractivity contribution >= 4 is 10.8 Å². The fourth-order valence-corrected chi connectivity index (χ4v) is 2.98. The van der Waals surface area contributed by atoms with Crippen molar-refractivity contribution in [1.82, 2.24) is 0 Å². The Morgan fingerprint density at radius 1 is 1.07 bits per heavy atom. The molecule has 2 rings (SSSR count). The van der Waals surface area contributed by atoms with Crippen molar-refractivity contribution in [3.05, 3.63) is 41.3 Å². The molecule has 0 spiro atoms. The van der Waals surface area contributed by atoms with Gasteiger partial charge in [-0.1, -0.05) is 24.3 Å². The monoisotopic (exact) mass is 206 g/mol. The van der Waals surface area contributed by atoms with E-state index in [-0.39, 0.29) is 0 Å². The summed E-state index contributed by atoms with van der Waals surface area (Å²) in [6.07, 6.45) is 6.67. The summed E-state index contributed by atoms with van der Waals surface area (Å²) in [6.45, 7) is 0. The van der Waals surface area contributed by atoms with Crippen LogP contribution < -0.4 is 0 Å². The van der Waals surface area contributed by atoms with Gasteiger partial charge in [0.05, 0.1) is 10.8 Å². The molecule has 1 aliphatic rings. The Morgan fingerprint density at radius 2 is 1.86 bits per heavy atom. The predicted octanol–water partition coefficient (Wildman–Crippen LogP) is 3.25. The first kappa shape index (κ1) is 9.66. The van der Waals surface area contributed by atoms with Crippen LogP contribution in [0.25, 0.3) is 0 Å². The molecule has 74 valence electrons. The molecule has 0 amide bonds. The van der Waals surface area contributed by atoms with Gasteiger partial charge in [0.25, 0.3) is 0 Å². The van der Waals surface area contributed by atoms with Crippen LogP contribution in [0.2, 0.25) is 0 Å². The van der Waals surface area contributed by atoms with Crippen molar-refractivity contribution in [3.63, 3.8) is 0 Å². The lowest BCUT2D eigenvalue weighted by Crippen LogP contribution is -1.99. The van der Waals surface area contributed by atoms with E-state index in [4.69, 9.17) is 0 Å². The van der Waals surface area contributed by atoms with E-state index in [0.29, 0.717) is 0 Å². The lowest BCUT2D eigenvalue weighted by atomic mass is 10.1. The summed E-state index contributed by atoms with van der Waals surface area (Å²) in [5.41, 5.74) is 0. The Balaban J connectivity index is 2.20. The molecule has 1 atom stereocenters. The maximum atomic E-state index is 12.0. The lowest BCUT2D eigenvalue weighted by molar-refractivity contribution is 0.675. The summed E-state index contributed by atoms with van der Waals surface area (Å²) >= 11 is 0. The zero-order chi connectivity index (χ0) is 9.80. The zero-order valence-corrected chi connectivity index (χ0v) is 8.93. The summed E-state index contributed by atoms with van der Waals surface area (Å²) in [5, 5.41) is 0. The highest BCUT2D eigenvalue weighted by Gasteiger charge is 2.11. The molecule has 0 aliphatic heterocycles. The van der Waals surface area contributed by atoms with Gasteiger partial charge in [-0.05, 0) is 37.8 Å². The lowest BCUT2D eigenvalue weighted by Gasteiger charge is -2.11. The van der Waals surface area contributed by atoms with Crippen molar-refractivity contribution in [3.8, 4) is 0 Å². The molecule has 0 saturated heterocycles. The van der Waals surface area contributed by atoms with Gasteiger partial charge in [0.15, 0.2) is 0 Å². The third kappa shape index (κ3) is 2.13. The van der Waals surface area contributed by atoms with Crippen molar-refractivity contribution in [1.29, 1.82) is 0 Å². The molecule has 0 aromatic heterocycles. The second-order valence-electron chi connectivity index (χ2n) is 3.50. The molecule has 14 heavy (non-hydrogen) atoms. The molecule has 0 radical (unpaired) electrons. The highest BCUT2D eigenvalue weighted by Crippen LogP contribution is 2.24. The molecule has 2 heteroatoms. The van der Waals surface area contributed by atoms with Crippen molar-refractivity contribution < 1.29 is 4.21 Å². The maximum absolute atomic E-state index is 12.0. The van der Waals surface area contributed by atoms with Crippen LogP contribution in [-0.2, 0) is 10.8 Å². The van der Waals surface area contributed by atoms with Crippen molar-refractivity contribution in [2.45, 2.75) is 30.6 Å². The van der Waals surface area contributed by atoms with Gasteiger partial charge < -0.3 is 0 Å². The standard InChI is InChI=1S/C12H14OS/c13-14(11-7-3-1-4-8-11)12-9-5-2-6-10-12/h1,3-4,7-9H,2,5-6,10H2/t14-/m0/s1. The van der Waals surface area contributed by atoms with E-state index >= 15 is 0 Å². The minimum absolute atomic E-state index is 0.909. The van der Waals surface area contributed by atoms with Gasteiger partial charge in [-0.25, -0.2) is 4.21 Å². The number of hydrogen-bond donors (Lipinski definition) is 0. The Kier molecular flexibility index (Phi) is 3.14. The summed E-state index contributed by atoms with van der Waals surface area (Å²) in [6, 6.07) is 9.71. The summed E-state index contributed by atoms with van der Waals surface area (Å²) in [5.74, 6) is 0. The Morgan fingerprint density at radius 3 is 2.50 bits per heavy atom. The summed E-state index contributed by atoms with van der Waals surface area (Å²) < 4.78 is 12.0. The van der Waals surface area contributed by atoms with Gasteiger partial charge >= 0.3 is 0 Å². The molecule has 1 nitrogen and oxygen atoms in total. The quantitative estimate of drug-likeness (QED) is 0.726. The molecular weight excluding hydrogens is 192 g/mol. The number of rotatable bonds is 2. The van der Waals surface area contributed by atoms with Gasteiger partial charge in [-0.2, -0.15) is 0 Å². The van der Waals surface area contributed by atoms with Crippen LogP contribution >= 0.6 is 0 Å². The van der Waals surface area contributed by atoms with E-state index in [2.05, 4.69) is 6.08 Å². The van der Waals surface area contributed by atoms with Crippen LogP contribution in [0.1, 0.15) is 25.7 Å². The van der Waals surface area contributed by atoms with Crippen LogP contribution in [0, 0.1) is 0 Å².